The highest BCUT2D eigenvalue weighted by Gasteiger charge is 2.52. The molecule has 0 aliphatic heterocycles. The quantitative estimate of drug-likeness (QED) is 0.777. The summed E-state index contributed by atoms with van der Waals surface area (Å²) in [5.41, 5.74) is 2.73. The van der Waals surface area contributed by atoms with Crippen LogP contribution in [0, 0.1) is 13.8 Å². The Morgan fingerprint density at radius 1 is 1.36 bits per heavy atom. The van der Waals surface area contributed by atoms with E-state index in [4.69, 9.17) is 5.11 Å². The van der Waals surface area contributed by atoms with Crippen LogP contribution in [-0.4, -0.2) is 11.1 Å². The second-order valence-electron chi connectivity index (χ2n) is 4.21. The van der Waals surface area contributed by atoms with Crippen molar-refractivity contribution in [3.8, 4) is 0 Å². The molecule has 1 saturated carbocycles. The molecule has 1 aliphatic carbocycles. The van der Waals surface area contributed by atoms with Crippen molar-refractivity contribution in [2.75, 3.05) is 0 Å². The molecule has 1 N–H and O–H groups in total. The highest BCUT2D eigenvalue weighted by atomic mass is 16.4. The van der Waals surface area contributed by atoms with Crippen LogP contribution in [-0.2, 0) is 10.2 Å². The van der Waals surface area contributed by atoms with Gasteiger partial charge in [0.1, 0.15) is 0 Å². The molecule has 0 unspecified atom stereocenters. The van der Waals surface area contributed by atoms with Crippen molar-refractivity contribution >= 4 is 5.97 Å². The fourth-order valence-electron chi connectivity index (χ4n) is 2.07. The molecule has 14 heavy (non-hydrogen) atoms. The van der Waals surface area contributed by atoms with Gasteiger partial charge in [-0.1, -0.05) is 23.8 Å². The second-order valence-corrected chi connectivity index (χ2v) is 4.21. The Hall–Kier alpha value is -1.31. The van der Waals surface area contributed by atoms with Gasteiger partial charge in [-0.25, -0.2) is 0 Å². The van der Waals surface area contributed by atoms with Gasteiger partial charge in [-0.3, -0.25) is 4.79 Å². The van der Waals surface area contributed by atoms with Crippen LogP contribution >= 0.6 is 0 Å². The van der Waals surface area contributed by atoms with Gasteiger partial charge in [-0.2, -0.15) is 0 Å². The molecule has 0 heterocycles. The topological polar surface area (TPSA) is 37.3 Å². The average Bonchev–Trinajstić information content (AvgIpc) is 2.84. The monoisotopic (exact) mass is 190 g/mol. The summed E-state index contributed by atoms with van der Waals surface area (Å²) in [6, 6.07) is 6.01. The van der Waals surface area contributed by atoms with E-state index in [-0.39, 0.29) is 0 Å². The van der Waals surface area contributed by atoms with E-state index in [0.29, 0.717) is 0 Å². The lowest BCUT2D eigenvalue weighted by atomic mass is 9.91. The number of hydrogen-bond donors (Lipinski definition) is 1. The molecule has 0 spiro atoms. The van der Waals surface area contributed by atoms with E-state index in [2.05, 4.69) is 6.07 Å². The molecule has 2 rings (SSSR count). The summed E-state index contributed by atoms with van der Waals surface area (Å²) >= 11 is 0. The highest BCUT2D eigenvalue weighted by molar-refractivity contribution is 5.85. The Morgan fingerprint density at radius 3 is 2.43 bits per heavy atom. The largest absolute Gasteiger partial charge is 0.481 e. The SMILES string of the molecule is Cc1ccc(C2(C(=O)O)CC2)c(C)c1. The molecule has 0 amide bonds. The van der Waals surface area contributed by atoms with Crippen molar-refractivity contribution in [2.24, 2.45) is 0 Å². The van der Waals surface area contributed by atoms with E-state index in [9.17, 15) is 4.79 Å². The zero-order valence-corrected chi connectivity index (χ0v) is 8.50. The Kier molecular flexibility index (Phi) is 1.88. The number of aliphatic carboxylic acids is 1. The molecular weight excluding hydrogens is 176 g/mol. The Labute approximate surface area is 83.6 Å². The molecular formula is C12H14O2. The number of aryl methyl sites for hydroxylation is 2. The van der Waals surface area contributed by atoms with E-state index >= 15 is 0 Å². The summed E-state index contributed by atoms with van der Waals surface area (Å²) in [4.78, 5) is 11.1. The van der Waals surface area contributed by atoms with Crippen LogP contribution in [0.25, 0.3) is 0 Å². The first-order valence-electron chi connectivity index (χ1n) is 4.87. The summed E-state index contributed by atoms with van der Waals surface area (Å²) in [6.45, 7) is 4.02. The predicted octanol–water partition coefficient (Wildman–Crippen LogP) is 2.42. The molecule has 0 radical (unpaired) electrons. The average molecular weight is 190 g/mol. The summed E-state index contributed by atoms with van der Waals surface area (Å²) in [6.07, 6.45) is 1.57. The number of carboxylic acid groups (broad SMARTS) is 1. The molecule has 1 fully saturated rings. The van der Waals surface area contributed by atoms with Crippen LogP contribution in [0.4, 0.5) is 0 Å². The van der Waals surface area contributed by atoms with E-state index in [0.717, 1.165) is 24.0 Å². The maximum Gasteiger partial charge on any atom is 0.314 e. The minimum absolute atomic E-state index is 0.558. The molecule has 1 aromatic carbocycles. The third kappa shape index (κ3) is 1.22. The van der Waals surface area contributed by atoms with E-state index in [1.54, 1.807) is 0 Å². The maximum atomic E-state index is 11.1. The zero-order chi connectivity index (χ0) is 10.3. The van der Waals surface area contributed by atoms with Gasteiger partial charge in [0.15, 0.2) is 0 Å². The Bertz CT molecular complexity index is 389. The lowest BCUT2D eigenvalue weighted by Gasteiger charge is -2.13. The number of hydrogen-bond acceptors (Lipinski definition) is 1. The first kappa shape index (κ1) is 9.25. The molecule has 2 nitrogen and oxygen atoms in total. The lowest BCUT2D eigenvalue weighted by Crippen LogP contribution is -2.20. The number of rotatable bonds is 2. The maximum absolute atomic E-state index is 11.1. The Balaban J connectivity index is 2.47. The number of carbonyl (C=O) groups is 1. The second kappa shape index (κ2) is 2.84. The molecule has 0 bridgehead atoms. The minimum atomic E-state index is -0.676. The third-order valence-electron chi connectivity index (χ3n) is 3.06. The van der Waals surface area contributed by atoms with E-state index in [1.807, 2.05) is 26.0 Å². The number of carboxylic acids is 1. The molecule has 2 heteroatoms. The smallest absolute Gasteiger partial charge is 0.314 e. The summed E-state index contributed by atoms with van der Waals surface area (Å²) in [5, 5.41) is 9.15. The number of benzene rings is 1. The van der Waals surface area contributed by atoms with Gasteiger partial charge in [0.2, 0.25) is 0 Å². The molecule has 1 aromatic rings. The summed E-state index contributed by atoms with van der Waals surface area (Å²) in [7, 11) is 0. The lowest BCUT2D eigenvalue weighted by molar-refractivity contribution is -0.140. The van der Waals surface area contributed by atoms with Crippen LogP contribution < -0.4 is 0 Å². The van der Waals surface area contributed by atoms with Gasteiger partial charge < -0.3 is 5.11 Å². The van der Waals surface area contributed by atoms with E-state index in [1.165, 1.54) is 5.56 Å². The van der Waals surface area contributed by atoms with Gasteiger partial charge in [0.05, 0.1) is 5.41 Å². The predicted molar refractivity (Wildman–Crippen MR) is 54.5 cm³/mol. The van der Waals surface area contributed by atoms with Crippen LogP contribution in [0.3, 0.4) is 0 Å². The molecule has 0 saturated heterocycles. The molecule has 74 valence electrons. The Morgan fingerprint density at radius 2 is 2.00 bits per heavy atom. The first-order chi connectivity index (χ1) is 6.56. The van der Waals surface area contributed by atoms with Gasteiger partial charge in [0.25, 0.3) is 0 Å². The standard InChI is InChI=1S/C12H14O2/c1-8-3-4-10(9(2)7-8)12(5-6-12)11(13)14/h3-4,7H,5-6H2,1-2H3,(H,13,14). The van der Waals surface area contributed by atoms with Crippen molar-refractivity contribution in [2.45, 2.75) is 32.1 Å². The van der Waals surface area contributed by atoms with Crippen molar-refractivity contribution < 1.29 is 9.90 Å². The van der Waals surface area contributed by atoms with Gasteiger partial charge >= 0.3 is 5.97 Å². The first-order valence-corrected chi connectivity index (χ1v) is 4.87. The van der Waals surface area contributed by atoms with Crippen molar-refractivity contribution in [3.63, 3.8) is 0 Å². The van der Waals surface area contributed by atoms with Crippen molar-refractivity contribution in [1.29, 1.82) is 0 Å². The van der Waals surface area contributed by atoms with Gasteiger partial charge in [-0.05, 0) is 37.8 Å². The van der Waals surface area contributed by atoms with E-state index < -0.39 is 11.4 Å². The van der Waals surface area contributed by atoms with Crippen LogP contribution in [0.2, 0.25) is 0 Å². The third-order valence-corrected chi connectivity index (χ3v) is 3.06. The molecule has 0 atom stereocenters. The van der Waals surface area contributed by atoms with Crippen molar-refractivity contribution in [1.82, 2.24) is 0 Å². The zero-order valence-electron chi connectivity index (χ0n) is 8.50. The molecule has 0 aromatic heterocycles. The highest BCUT2D eigenvalue weighted by Crippen LogP contribution is 2.49. The summed E-state index contributed by atoms with van der Waals surface area (Å²) < 4.78 is 0. The fourth-order valence-corrected chi connectivity index (χ4v) is 2.07. The minimum Gasteiger partial charge on any atom is -0.481 e. The van der Waals surface area contributed by atoms with Crippen LogP contribution in [0.5, 0.6) is 0 Å². The normalized spacial score (nSPS) is 17.9. The fraction of sp³-hybridized carbons (Fsp3) is 0.417. The van der Waals surface area contributed by atoms with Crippen LogP contribution in [0.1, 0.15) is 29.5 Å². The van der Waals surface area contributed by atoms with Gasteiger partial charge in [-0.15, -0.1) is 0 Å². The van der Waals surface area contributed by atoms with Gasteiger partial charge in [0, 0.05) is 0 Å². The molecule has 1 aliphatic rings. The van der Waals surface area contributed by atoms with Crippen LogP contribution in [0.15, 0.2) is 18.2 Å². The van der Waals surface area contributed by atoms with Crippen molar-refractivity contribution in [3.05, 3.63) is 34.9 Å². The summed E-state index contributed by atoms with van der Waals surface area (Å²) in [5.74, 6) is -0.676.